The zero-order valence-corrected chi connectivity index (χ0v) is 5.13. The maximum atomic E-state index is 10.4. The van der Waals surface area contributed by atoms with Gasteiger partial charge in [0.2, 0.25) is 5.91 Å². The number of carbonyl (C=O) groups excluding carboxylic acids is 1. The molecule has 10 heavy (non-hydrogen) atoms. The Bertz CT molecular complexity index is 209. The number of carboxylic acid groups (broad SMARTS) is 1. The van der Waals surface area contributed by atoms with Crippen LogP contribution in [0.2, 0.25) is 0 Å². The molecular weight excluding hydrogens is 136 g/mol. The third-order valence-electron chi connectivity index (χ3n) is 1.02. The molecule has 5 heteroatoms. The van der Waals surface area contributed by atoms with Crippen molar-refractivity contribution >= 4 is 17.7 Å². The number of aliphatic imine (C=N–C) groups is 1. The summed E-state index contributed by atoms with van der Waals surface area (Å²) in [4.78, 5) is 24.1. The Hall–Kier alpha value is -1.39. The van der Waals surface area contributed by atoms with Crippen molar-refractivity contribution in [3.05, 3.63) is 0 Å². The summed E-state index contributed by atoms with van der Waals surface area (Å²) in [5, 5.41) is 10.5. The predicted octanol–water partition coefficient (Wildman–Crippen LogP) is -1.01. The molecule has 0 aromatic carbocycles. The molecule has 1 aliphatic rings. The summed E-state index contributed by atoms with van der Waals surface area (Å²) in [7, 11) is 0. The number of rotatable bonds is 2. The fraction of sp³-hybridized carbons (Fsp3) is 0.400. The monoisotopic (exact) mass is 142 g/mol. The third-order valence-corrected chi connectivity index (χ3v) is 1.02. The van der Waals surface area contributed by atoms with Crippen LogP contribution in [-0.4, -0.2) is 29.4 Å². The molecule has 0 atom stereocenters. The lowest BCUT2D eigenvalue weighted by Crippen LogP contribution is -2.26. The van der Waals surface area contributed by atoms with Crippen molar-refractivity contribution in [2.45, 2.75) is 6.42 Å². The zero-order chi connectivity index (χ0) is 7.56. The number of nitrogens with zero attached hydrogens (tertiary/aromatic N) is 1. The lowest BCUT2D eigenvalue weighted by atomic mass is 10.4. The fourth-order valence-electron chi connectivity index (χ4n) is 0.651. The van der Waals surface area contributed by atoms with Gasteiger partial charge in [-0.1, -0.05) is 0 Å². The van der Waals surface area contributed by atoms with E-state index in [0.29, 0.717) is 0 Å². The maximum absolute atomic E-state index is 10.4. The van der Waals surface area contributed by atoms with Gasteiger partial charge in [0.15, 0.2) is 0 Å². The predicted molar refractivity (Wildman–Crippen MR) is 32.7 cm³/mol. The molecule has 0 unspecified atom stereocenters. The number of aliphatic carboxylic acids is 1. The largest absolute Gasteiger partial charge is 0.481 e. The van der Waals surface area contributed by atoms with Crippen LogP contribution in [0.25, 0.3) is 0 Å². The minimum Gasteiger partial charge on any atom is -0.481 e. The molecule has 5 nitrogen and oxygen atoms in total. The second-order valence-corrected chi connectivity index (χ2v) is 1.88. The van der Waals surface area contributed by atoms with Crippen molar-refractivity contribution in [1.82, 2.24) is 5.32 Å². The zero-order valence-electron chi connectivity index (χ0n) is 5.13. The molecule has 0 aromatic heterocycles. The number of nitrogens with one attached hydrogen (secondary N) is 1. The van der Waals surface area contributed by atoms with Gasteiger partial charge in [0.05, 0.1) is 0 Å². The van der Waals surface area contributed by atoms with Crippen molar-refractivity contribution in [3.8, 4) is 0 Å². The topological polar surface area (TPSA) is 78.8 Å². The lowest BCUT2D eigenvalue weighted by molar-refractivity contribution is -0.135. The first-order chi connectivity index (χ1) is 4.68. The fourth-order valence-corrected chi connectivity index (χ4v) is 0.651. The minimum absolute atomic E-state index is 0.0581. The summed E-state index contributed by atoms with van der Waals surface area (Å²) < 4.78 is 0. The van der Waals surface area contributed by atoms with Crippen LogP contribution >= 0.6 is 0 Å². The molecule has 0 bridgehead atoms. The van der Waals surface area contributed by atoms with E-state index in [1.807, 2.05) is 0 Å². The summed E-state index contributed by atoms with van der Waals surface area (Å²) in [5.41, 5.74) is 0. The molecule has 0 fully saturated rings. The molecule has 1 heterocycles. The summed E-state index contributed by atoms with van der Waals surface area (Å²) in [6.45, 7) is 0.0581. The molecule has 0 saturated heterocycles. The van der Waals surface area contributed by atoms with Crippen molar-refractivity contribution in [2.75, 3.05) is 6.54 Å². The first kappa shape index (κ1) is 6.73. The first-order valence-electron chi connectivity index (χ1n) is 2.73. The van der Waals surface area contributed by atoms with E-state index >= 15 is 0 Å². The molecule has 54 valence electrons. The number of hydrogen-bond acceptors (Lipinski definition) is 3. The van der Waals surface area contributed by atoms with E-state index in [1.54, 1.807) is 0 Å². The molecule has 0 aliphatic carbocycles. The number of amides is 1. The number of carboxylic acids is 1. The Morgan fingerprint density at radius 2 is 2.50 bits per heavy atom. The maximum Gasteiger partial charge on any atom is 0.311 e. The van der Waals surface area contributed by atoms with Gasteiger partial charge >= 0.3 is 5.97 Å². The molecule has 1 rings (SSSR count). The average molecular weight is 142 g/mol. The van der Waals surface area contributed by atoms with Crippen LogP contribution in [0.4, 0.5) is 0 Å². The van der Waals surface area contributed by atoms with Crippen LogP contribution in [0.5, 0.6) is 0 Å². The van der Waals surface area contributed by atoms with Gasteiger partial charge in [0.25, 0.3) is 0 Å². The SMILES string of the molecule is O=C(O)CC1=NCC(=O)N1. The Labute approximate surface area is 56.8 Å². The van der Waals surface area contributed by atoms with E-state index in [0.717, 1.165) is 0 Å². The molecule has 0 spiro atoms. The lowest BCUT2D eigenvalue weighted by Gasteiger charge is -1.93. The van der Waals surface area contributed by atoms with Gasteiger partial charge in [0, 0.05) is 0 Å². The Morgan fingerprint density at radius 3 is 2.90 bits per heavy atom. The van der Waals surface area contributed by atoms with Gasteiger partial charge in [-0.2, -0.15) is 0 Å². The Balaban J connectivity index is 2.44. The molecular formula is C5H6N2O3. The quantitative estimate of drug-likeness (QED) is 0.518. The van der Waals surface area contributed by atoms with Gasteiger partial charge in [0.1, 0.15) is 18.8 Å². The van der Waals surface area contributed by atoms with Crippen molar-refractivity contribution in [3.63, 3.8) is 0 Å². The normalized spacial score (nSPS) is 16.4. The van der Waals surface area contributed by atoms with Crippen LogP contribution < -0.4 is 5.32 Å². The molecule has 2 N–H and O–H groups in total. The van der Waals surface area contributed by atoms with Gasteiger partial charge in [-0.25, -0.2) is 0 Å². The highest BCUT2D eigenvalue weighted by atomic mass is 16.4. The Morgan fingerprint density at radius 1 is 1.80 bits per heavy atom. The van der Waals surface area contributed by atoms with E-state index in [2.05, 4.69) is 10.3 Å². The van der Waals surface area contributed by atoms with Crippen LogP contribution in [0.3, 0.4) is 0 Å². The van der Waals surface area contributed by atoms with Crippen LogP contribution in [0, 0.1) is 0 Å². The number of amidine groups is 1. The van der Waals surface area contributed by atoms with E-state index in [9.17, 15) is 9.59 Å². The van der Waals surface area contributed by atoms with Gasteiger partial charge < -0.3 is 10.4 Å². The van der Waals surface area contributed by atoms with Gasteiger partial charge in [-0.05, 0) is 0 Å². The smallest absolute Gasteiger partial charge is 0.311 e. The van der Waals surface area contributed by atoms with Gasteiger partial charge in [-0.15, -0.1) is 0 Å². The highest BCUT2D eigenvalue weighted by Gasteiger charge is 2.14. The molecule has 1 amide bonds. The summed E-state index contributed by atoms with van der Waals surface area (Å²) >= 11 is 0. The van der Waals surface area contributed by atoms with Gasteiger partial charge in [-0.3, -0.25) is 14.6 Å². The van der Waals surface area contributed by atoms with Crippen LogP contribution in [-0.2, 0) is 9.59 Å². The van der Waals surface area contributed by atoms with E-state index in [4.69, 9.17) is 5.11 Å². The van der Waals surface area contributed by atoms with E-state index in [1.165, 1.54) is 0 Å². The second-order valence-electron chi connectivity index (χ2n) is 1.88. The summed E-state index contributed by atoms with van der Waals surface area (Å²) in [6.07, 6.45) is -0.203. The number of hydrogen-bond donors (Lipinski definition) is 2. The minimum atomic E-state index is -0.985. The third kappa shape index (κ3) is 1.54. The summed E-state index contributed by atoms with van der Waals surface area (Å²) in [6, 6.07) is 0. The molecule has 0 radical (unpaired) electrons. The number of carbonyl (C=O) groups is 2. The van der Waals surface area contributed by atoms with E-state index in [-0.39, 0.29) is 24.7 Å². The van der Waals surface area contributed by atoms with Crippen molar-refractivity contribution in [2.24, 2.45) is 4.99 Å². The molecule has 0 saturated carbocycles. The Kier molecular flexibility index (Phi) is 1.66. The highest BCUT2D eigenvalue weighted by Crippen LogP contribution is 1.91. The highest BCUT2D eigenvalue weighted by molar-refractivity contribution is 6.09. The van der Waals surface area contributed by atoms with Crippen LogP contribution in [0.15, 0.2) is 4.99 Å². The standard InChI is InChI=1S/C5H6N2O3/c8-4-2-6-3(7-4)1-5(9)10/h1-2H2,(H,9,10)(H,6,7,8). The molecule has 0 aromatic rings. The molecule has 1 aliphatic heterocycles. The first-order valence-corrected chi connectivity index (χ1v) is 2.73. The van der Waals surface area contributed by atoms with E-state index < -0.39 is 5.97 Å². The second kappa shape index (κ2) is 2.47. The van der Waals surface area contributed by atoms with Crippen LogP contribution in [0.1, 0.15) is 6.42 Å². The van der Waals surface area contributed by atoms with Crippen molar-refractivity contribution < 1.29 is 14.7 Å². The summed E-state index contributed by atoms with van der Waals surface area (Å²) in [5.74, 6) is -0.977. The van der Waals surface area contributed by atoms with Crippen molar-refractivity contribution in [1.29, 1.82) is 0 Å². The average Bonchev–Trinajstić information content (AvgIpc) is 2.13.